The molecule has 0 fully saturated rings. The summed E-state index contributed by atoms with van der Waals surface area (Å²) < 4.78 is 0. The summed E-state index contributed by atoms with van der Waals surface area (Å²) in [4.78, 5) is 29.0. The average Bonchev–Trinajstić information content (AvgIpc) is 3.93. The van der Waals surface area contributed by atoms with Crippen molar-refractivity contribution in [3.63, 3.8) is 0 Å². The summed E-state index contributed by atoms with van der Waals surface area (Å²) >= 11 is 0. The Morgan fingerprint density at radius 1 is 0.586 bits per heavy atom. The van der Waals surface area contributed by atoms with Crippen LogP contribution in [0.4, 0.5) is 0 Å². The maximum atomic E-state index is 4.43. The summed E-state index contributed by atoms with van der Waals surface area (Å²) in [5.74, 6) is 1.77. The standard InChI is InChI=1S/C23H39N5.C23H37N5.B.Na.H/c2*1-4-14-28(15-5-2)17-7-6-16-27(3)20-22-10-8-21(9-11-22)18-24-19-23-25-12-13-26-23;;;/h8-13,24H,4-7,14-20H2,1-3H3,(H,25,26);8-13,19H,4-7,14-18,20H2,1-3H3,(H,25,26);;;/q;;;+1;-1. The van der Waals surface area contributed by atoms with Crippen LogP contribution >= 0.6 is 0 Å². The Bertz CT molecular complexity index is 1500. The predicted octanol–water partition coefficient (Wildman–Crippen LogP) is 5.13. The molecule has 0 saturated carbocycles. The van der Waals surface area contributed by atoms with Crippen molar-refractivity contribution in [1.82, 2.24) is 44.9 Å². The predicted molar refractivity (Wildman–Crippen MR) is 244 cm³/mol. The first kappa shape index (κ1) is 53.4. The molecule has 0 atom stereocenters. The summed E-state index contributed by atoms with van der Waals surface area (Å²) in [5.41, 5.74) is 5.28. The van der Waals surface area contributed by atoms with E-state index in [1.807, 2.05) is 6.20 Å². The summed E-state index contributed by atoms with van der Waals surface area (Å²) in [6.07, 6.45) is 19.1. The van der Waals surface area contributed by atoms with Crippen LogP contribution in [-0.4, -0.2) is 121 Å². The van der Waals surface area contributed by atoms with Crippen LogP contribution in [0.15, 0.2) is 78.3 Å². The van der Waals surface area contributed by atoms with Gasteiger partial charge in [0.05, 0.1) is 19.3 Å². The number of H-pyrrole nitrogens is 2. The molecule has 0 bridgehead atoms. The van der Waals surface area contributed by atoms with Gasteiger partial charge in [-0.1, -0.05) is 76.2 Å². The van der Waals surface area contributed by atoms with Gasteiger partial charge in [0.1, 0.15) is 11.6 Å². The molecule has 58 heavy (non-hydrogen) atoms. The van der Waals surface area contributed by atoms with Crippen LogP contribution in [0.3, 0.4) is 0 Å². The van der Waals surface area contributed by atoms with E-state index >= 15 is 0 Å². The number of rotatable bonds is 29. The molecule has 10 nitrogen and oxygen atoms in total. The minimum atomic E-state index is 0. The number of benzene rings is 2. The van der Waals surface area contributed by atoms with Gasteiger partial charge in [0, 0.05) is 52.8 Å². The van der Waals surface area contributed by atoms with Gasteiger partial charge in [0.25, 0.3) is 0 Å². The fraction of sp³-hybridized carbons (Fsp3) is 0.587. The molecule has 315 valence electrons. The summed E-state index contributed by atoms with van der Waals surface area (Å²) in [7, 11) is 4.45. The molecule has 0 aliphatic carbocycles. The topological polar surface area (TPSA) is 94.7 Å². The Morgan fingerprint density at radius 2 is 1.03 bits per heavy atom. The van der Waals surface area contributed by atoms with E-state index in [1.165, 1.54) is 119 Å². The number of unbranched alkanes of at least 4 members (excludes halogenated alkanes) is 2. The van der Waals surface area contributed by atoms with Crippen molar-refractivity contribution in [2.45, 2.75) is 112 Å². The molecule has 12 heteroatoms. The van der Waals surface area contributed by atoms with Gasteiger partial charge in [0.2, 0.25) is 0 Å². The quantitative estimate of drug-likeness (QED) is 0.0399. The SMILES string of the molecule is CCCN(CCC)CCCCN(C)Cc1ccc(CN=Cc2ncc[nH]2)cc1.CCCN(CCC)CCCCN(C)Cc1ccc(CNCc2ncc[nH]2)cc1.[B].[H-].[Na+]. The molecule has 2 aromatic carbocycles. The molecule has 0 spiro atoms. The Balaban J connectivity index is 0.00000109. The van der Waals surface area contributed by atoms with Crippen molar-refractivity contribution in [3.8, 4) is 0 Å². The van der Waals surface area contributed by atoms with E-state index < -0.39 is 0 Å². The number of aromatic nitrogens is 4. The number of nitrogens with one attached hydrogen (secondary N) is 3. The Hall–Kier alpha value is -2.61. The van der Waals surface area contributed by atoms with Gasteiger partial charge in [-0.2, -0.15) is 0 Å². The zero-order valence-corrected chi connectivity index (χ0v) is 39.6. The van der Waals surface area contributed by atoms with Crippen molar-refractivity contribution in [2.24, 2.45) is 4.99 Å². The minimum Gasteiger partial charge on any atom is -1.00 e. The molecule has 0 aliphatic rings. The van der Waals surface area contributed by atoms with E-state index in [0.29, 0.717) is 6.54 Å². The van der Waals surface area contributed by atoms with Crippen LogP contribution < -0.4 is 34.9 Å². The van der Waals surface area contributed by atoms with E-state index in [2.05, 4.69) is 140 Å². The largest absolute Gasteiger partial charge is 1.00 e. The third-order valence-corrected chi connectivity index (χ3v) is 9.82. The zero-order chi connectivity index (χ0) is 40.1. The van der Waals surface area contributed by atoms with E-state index in [9.17, 15) is 0 Å². The van der Waals surface area contributed by atoms with Gasteiger partial charge in [0.15, 0.2) is 0 Å². The zero-order valence-electron chi connectivity index (χ0n) is 38.6. The molecule has 0 unspecified atom stereocenters. The molecule has 0 amide bonds. The minimum absolute atomic E-state index is 0. The molecule has 4 rings (SSSR count). The number of hydrogen-bond acceptors (Lipinski definition) is 8. The third-order valence-electron chi connectivity index (χ3n) is 9.82. The molecule has 2 aromatic heterocycles. The molecule has 4 aromatic rings. The first-order valence-electron chi connectivity index (χ1n) is 21.6. The van der Waals surface area contributed by atoms with E-state index in [0.717, 1.165) is 44.4 Å². The second-order valence-corrected chi connectivity index (χ2v) is 15.3. The van der Waals surface area contributed by atoms with Crippen molar-refractivity contribution in [1.29, 1.82) is 0 Å². The van der Waals surface area contributed by atoms with Crippen molar-refractivity contribution >= 4 is 14.6 Å². The molecule has 3 N–H and O–H groups in total. The number of aliphatic imine (C=N–C) groups is 1. The van der Waals surface area contributed by atoms with E-state index in [-0.39, 0.29) is 39.4 Å². The van der Waals surface area contributed by atoms with Crippen LogP contribution in [-0.2, 0) is 32.7 Å². The van der Waals surface area contributed by atoms with Crippen LogP contribution in [0.25, 0.3) is 0 Å². The van der Waals surface area contributed by atoms with Crippen LogP contribution in [0.2, 0.25) is 0 Å². The third kappa shape index (κ3) is 24.5. The van der Waals surface area contributed by atoms with E-state index in [4.69, 9.17) is 0 Å². The van der Waals surface area contributed by atoms with Crippen molar-refractivity contribution in [2.75, 3.05) is 66.5 Å². The number of aromatic amines is 2. The summed E-state index contributed by atoms with van der Waals surface area (Å²) in [5, 5.41) is 3.42. The van der Waals surface area contributed by atoms with Crippen molar-refractivity contribution in [3.05, 3.63) is 107 Å². The molecule has 0 aliphatic heterocycles. The summed E-state index contributed by atoms with van der Waals surface area (Å²) in [6, 6.07) is 17.8. The number of nitrogens with zero attached hydrogens (tertiary/aromatic N) is 7. The first-order chi connectivity index (χ1) is 27.4. The van der Waals surface area contributed by atoms with E-state index in [1.54, 1.807) is 24.8 Å². The van der Waals surface area contributed by atoms with Gasteiger partial charge < -0.3 is 36.3 Å². The van der Waals surface area contributed by atoms with Crippen molar-refractivity contribution < 1.29 is 31.0 Å². The molecule has 0 saturated heterocycles. The van der Waals surface area contributed by atoms with Crippen LogP contribution in [0, 0.1) is 0 Å². The Labute approximate surface area is 378 Å². The van der Waals surface area contributed by atoms with Gasteiger partial charge >= 0.3 is 29.6 Å². The smallest absolute Gasteiger partial charge is 1.00 e. The summed E-state index contributed by atoms with van der Waals surface area (Å²) in [6.45, 7) is 23.2. The maximum Gasteiger partial charge on any atom is 1.00 e. The normalized spacial score (nSPS) is 11.3. The second-order valence-electron chi connectivity index (χ2n) is 15.3. The van der Waals surface area contributed by atoms with Gasteiger partial charge in [-0.15, -0.1) is 0 Å². The number of imidazole rings is 2. The molecular weight excluding hydrogens is 726 g/mol. The van der Waals surface area contributed by atoms with Gasteiger partial charge in [-0.3, -0.25) is 4.99 Å². The fourth-order valence-corrected chi connectivity index (χ4v) is 6.97. The van der Waals surface area contributed by atoms with Gasteiger partial charge in [-0.25, -0.2) is 9.97 Å². The van der Waals surface area contributed by atoms with Gasteiger partial charge in [-0.05, 0) is 140 Å². The first-order valence-corrected chi connectivity index (χ1v) is 21.6. The Morgan fingerprint density at radius 3 is 1.48 bits per heavy atom. The average molecular weight is 804 g/mol. The fourth-order valence-electron chi connectivity index (χ4n) is 6.97. The van der Waals surface area contributed by atoms with Crippen LogP contribution in [0.5, 0.6) is 0 Å². The maximum absolute atomic E-state index is 4.43. The number of hydrogen-bond donors (Lipinski definition) is 3. The molecule has 2 heterocycles. The second kappa shape index (κ2) is 34.1. The monoisotopic (exact) mass is 804 g/mol. The molecule has 3 radical (unpaired) electrons. The van der Waals surface area contributed by atoms with Crippen LogP contribution in [0.1, 0.15) is 114 Å². The Kier molecular flexibility index (Phi) is 31.4. The molecular formula is C46H77BN10Na.